The first-order chi connectivity index (χ1) is 14.5. The Morgan fingerprint density at radius 3 is 2.17 bits per heavy atom. The second kappa shape index (κ2) is 10.1. The van der Waals surface area contributed by atoms with E-state index in [0.29, 0.717) is 17.3 Å². The Balaban J connectivity index is 1.59. The minimum atomic E-state index is -0.523. The molecule has 0 atom stereocenters. The SMILES string of the molecule is Cc1cccc(C)c1C1CCN(C(=O)/C=C/c2cccc(/C=C/C(=O)CO)n2)CC1. The Labute approximate surface area is 177 Å². The third-order valence-corrected chi connectivity index (χ3v) is 5.54. The largest absolute Gasteiger partial charge is 0.388 e. The fourth-order valence-corrected chi connectivity index (χ4v) is 4.01. The van der Waals surface area contributed by atoms with E-state index in [9.17, 15) is 9.59 Å². The first kappa shape index (κ1) is 21.7. The zero-order chi connectivity index (χ0) is 21.5. The molecule has 0 aliphatic carbocycles. The molecular weight excluding hydrogens is 376 g/mol. The fourth-order valence-electron chi connectivity index (χ4n) is 4.01. The molecule has 5 nitrogen and oxygen atoms in total. The van der Waals surface area contributed by atoms with Gasteiger partial charge in [-0.3, -0.25) is 9.59 Å². The quantitative estimate of drug-likeness (QED) is 0.746. The van der Waals surface area contributed by atoms with Crippen LogP contribution < -0.4 is 0 Å². The van der Waals surface area contributed by atoms with Crippen molar-refractivity contribution < 1.29 is 14.7 Å². The van der Waals surface area contributed by atoms with E-state index in [-0.39, 0.29) is 11.7 Å². The van der Waals surface area contributed by atoms with Gasteiger partial charge in [0.05, 0.1) is 11.4 Å². The van der Waals surface area contributed by atoms with Crippen LogP contribution in [0.3, 0.4) is 0 Å². The van der Waals surface area contributed by atoms with Crippen molar-refractivity contribution >= 4 is 23.8 Å². The number of pyridine rings is 1. The lowest BCUT2D eigenvalue weighted by molar-refractivity contribution is -0.127. The van der Waals surface area contributed by atoms with Gasteiger partial charge in [-0.05, 0) is 79.7 Å². The van der Waals surface area contributed by atoms with E-state index in [1.54, 1.807) is 24.3 Å². The molecule has 1 saturated heterocycles. The summed E-state index contributed by atoms with van der Waals surface area (Å²) in [5.74, 6) is 0.122. The van der Waals surface area contributed by atoms with Crippen LogP contribution in [0.1, 0.15) is 46.8 Å². The lowest BCUT2D eigenvalue weighted by Crippen LogP contribution is -2.37. The number of nitrogens with zero attached hydrogens (tertiary/aromatic N) is 2. The molecule has 30 heavy (non-hydrogen) atoms. The zero-order valence-electron chi connectivity index (χ0n) is 17.5. The monoisotopic (exact) mass is 404 g/mol. The maximum atomic E-state index is 12.6. The van der Waals surface area contributed by atoms with Crippen LogP contribution in [0.4, 0.5) is 0 Å². The average molecular weight is 405 g/mol. The smallest absolute Gasteiger partial charge is 0.246 e. The highest BCUT2D eigenvalue weighted by atomic mass is 16.3. The summed E-state index contributed by atoms with van der Waals surface area (Å²) in [6.45, 7) is 5.31. The second-order valence-corrected chi connectivity index (χ2v) is 7.68. The van der Waals surface area contributed by atoms with Gasteiger partial charge in [0.2, 0.25) is 5.91 Å². The second-order valence-electron chi connectivity index (χ2n) is 7.68. The molecule has 156 valence electrons. The number of amides is 1. The summed E-state index contributed by atoms with van der Waals surface area (Å²) in [6.07, 6.45) is 8.06. The number of hydrogen-bond acceptors (Lipinski definition) is 4. The third-order valence-electron chi connectivity index (χ3n) is 5.54. The molecule has 1 aromatic carbocycles. The van der Waals surface area contributed by atoms with E-state index < -0.39 is 6.61 Å². The Kier molecular flexibility index (Phi) is 7.31. The lowest BCUT2D eigenvalue weighted by atomic mass is 9.84. The van der Waals surface area contributed by atoms with Gasteiger partial charge >= 0.3 is 0 Å². The predicted molar refractivity (Wildman–Crippen MR) is 119 cm³/mol. The molecule has 3 rings (SSSR count). The summed E-state index contributed by atoms with van der Waals surface area (Å²) in [5, 5.41) is 8.77. The number of piperidine rings is 1. The van der Waals surface area contributed by atoms with Crippen LogP contribution >= 0.6 is 0 Å². The highest BCUT2D eigenvalue weighted by Gasteiger charge is 2.24. The molecule has 0 spiro atoms. The van der Waals surface area contributed by atoms with Crippen molar-refractivity contribution in [2.45, 2.75) is 32.6 Å². The summed E-state index contributed by atoms with van der Waals surface area (Å²) in [5.41, 5.74) is 5.35. The zero-order valence-corrected chi connectivity index (χ0v) is 17.5. The van der Waals surface area contributed by atoms with Gasteiger partial charge in [0.1, 0.15) is 6.61 Å². The molecule has 0 bridgehead atoms. The molecule has 1 amide bonds. The first-order valence-corrected chi connectivity index (χ1v) is 10.3. The summed E-state index contributed by atoms with van der Waals surface area (Å²) >= 11 is 0. The number of carbonyl (C=O) groups excluding carboxylic acids is 2. The summed E-state index contributed by atoms with van der Waals surface area (Å²) in [6, 6.07) is 11.8. The molecule has 0 unspecified atom stereocenters. The molecule has 2 heterocycles. The first-order valence-electron chi connectivity index (χ1n) is 10.3. The molecule has 1 aliphatic heterocycles. The van der Waals surface area contributed by atoms with Crippen molar-refractivity contribution in [3.63, 3.8) is 0 Å². The summed E-state index contributed by atoms with van der Waals surface area (Å²) in [4.78, 5) is 30.1. The van der Waals surface area contributed by atoms with Crippen LogP contribution in [-0.4, -0.2) is 46.4 Å². The van der Waals surface area contributed by atoms with Crippen LogP contribution in [0.5, 0.6) is 0 Å². The number of carbonyl (C=O) groups is 2. The number of hydrogen-bond donors (Lipinski definition) is 1. The number of benzene rings is 1. The average Bonchev–Trinajstić information content (AvgIpc) is 2.76. The van der Waals surface area contributed by atoms with Crippen LogP contribution in [0.15, 0.2) is 48.6 Å². The van der Waals surface area contributed by atoms with Gasteiger partial charge in [-0.1, -0.05) is 24.3 Å². The van der Waals surface area contributed by atoms with E-state index in [2.05, 4.69) is 37.0 Å². The summed E-state index contributed by atoms with van der Waals surface area (Å²) < 4.78 is 0. The molecular formula is C25H28N2O3. The molecule has 1 N–H and O–H groups in total. The fraction of sp³-hybridized carbons (Fsp3) is 0.320. The van der Waals surface area contributed by atoms with Crippen molar-refractivity contribution in [1.29, 1.82) is 0 Å². The van der Waals surface area contributed by atoms with E-state index in [0.717, 1.165) is 25.9 Å². The Morgan fingerprint density at radius 2 is 1.57 bits per heavy atom. The van der Waals surface area contributed by atoms with Crippen LogP contribution in [-0.2, 0) is 9.59 Å². The molecule has 2 aromatic rings. The van der Waals surface area contributed by atoms with E-state index in [1.807, 2.05) is 17.0 Å². The molecule has 1 fully saturated rings. The highest BCUT2D eigenvalue weighted by Crippen LogP contribution is 2.32. The molecule has 0 radical (unpaired) electrons. The molecule has 1 aromatic heterocycles. The molecule has 5 heteroatoms. The number of rotatable bonds is 6. The maximum Gasteiger partial charge on any atom is 0.246 e. The van der Waals surface area contributed by atoms with Crippen LogP contribution in [0.25, 0.3) is 12.2 Å². The van der Waals surface area contributed by atoms with Gasteiger partial charge in [0.15, 0.2) is 5.78 Å². The van der Waals surface area contributed by atoms with E-state index in [1.165, 1.54) is 22.8 Å². The Morgan fingerprint density at radius 1 is 1.00 bits per heavy atom. The minimum Gasteiger partial charge on any atom is -0.388 e. The maximum absolute atomic E-state index is 12.6. The standard InChI is InChI=1S/C25H28N2O3/c1-18-5-3-6-19(2)25(18)20-13-15-27(16-14-20)24(30)12-10-22-8-4-7-21(26-22)9-11-23(29)17-28/h3-12,20,28H,13-17H2,1-2H3/b11-9+,12-10+. The van der Waals surface area contributed by atoms with Gasteiger partial charge in [-0.15, -0.1) is 0 Å². The normalized spacial score (nSPS) is 15.2. The summed E-state index contributed by atoms with van der Waals surface area (Å²) in [7, 11) is 0. The lowest BCUT2D eigenvalue weighted by Gasteiger charge is -2.33. The number of ketones is 1. The van der Waals surface area contributed by atoms with E-state index >= 15 is 0 Å². The number of aryl methyl sites for hydroxylation is 2. The third kappa shape index (κ3) is 5.51. The number of aliphatic hydroxyl groups excluding tert-OH is 1. The van der Waals surface area contributed by atoms with Crippen molar-refractivity contribution in [2.24, 2.45) is 0 Å². The molecule has 0 saturated carbocycles. The Bertz CT molecular complexity index is 950. The van der Waals surface area contributed by atoms with Crippen molar-refractivity contribution in [2.75, 3.05) is 19.7 Å². The van der Waals surface area contributed by atoms with Crippen molar-refractivity contribution in [1.82, 2.24) is 9.88 Å². The van der Waals surface area contributed by atoms with Crippen LogP contribution in [0, 0.1) is 13.8 Å². The van der Waals surface area contributed by atoms with Crippen molar-refractivity contribution in [3.8, 4) is 0 Å². The molecule has 1 aliphatic rings. The van der Waals surface area contributed by atoms with Gasteiger partial charge in [-0.25, -0.2) is 4.98 Å². The number of aromatic nitrogens is 1. The van der Waals surface area contributed by atoms with Gasteiger partial charge < -0.3 is 10.0 Å². The van der Waals surface area contributed by atoms with Gasteiger partial charge in [0.25, 0.3) is 0 Å². The van der Waals surface area contributed by atoms with Gasteiger partial charge in [0, 0.05) is 19.2 Å². The van der Waals surface area contributed by atoms with Crippen LogP contribution in [0.2, 0.25) is 0 Å². The Hall–Kier alpha value is -3.05. The number of aliphatic hydroxyl groups is 1. The predicted octanol–water partition coefficient (Wildman–Crippen LogP) is 3.69. The highest BCUT2D eigenvalue weighted by molar-refractivity contribution is 5.94. The minimum absolute atomic E-state index is 0.00633. The van der Waals surface area contributed by atoms with Crippen molar-refractivity contribution in [3.05, 3.63) is 76.6 Å². The van der Waals surface area contributed by atoms with E-state index in [4.69, 9.17) is 5.11 Å². The topological polar surface area (TPSA) is 70.5 Å². The van der Waals surface area contributed by atoms with Gasteiger partial charge in [-0.2, -0.15) is 0 Å². The number of likely N-dealkylation sites (tertiary alicyclic amines) is 1.